The summed E-state index contributed by atoms with van der Waals surface area (Å²) in [5.74, 6) is -0.481. The van der Waals surface area contributed by atoms with E-state index in [-0.39, 0.29) is 11.6 Å². The van der Waals surface area contributed by atoms with Crippen LogP contribution in [0.5, 0.6) is 0 Å². The normalized spacial score (nSPS) is 13.9. The van der Waals surface area contributed by atoms with Gasteiger partial charge in [-0.05, 0) is 84.2 Å². The molecule has 0 fully saturated rings. The van der Waals surface area contributed by atoms with E-state index in [1.54, 1.807) is 0 Å². The summed E-state index contributed by atoms with van der Waals surface area (Å²) in [4.78, 5) is 44.1. The van der Waals surface area contributed by atoms with Crippen LogP contribution in [0, 0.1) is 0 Å². The third-order valence-electron chi connectivity index (χ3n) is 9.46. The molecule has 0 saturated heterocycles. The van der Waals surface area contributed by atoms with E-state index in [4.69, 9.17) is 9.97 Å². The van der Waals surface area contributed by atoms with Crippen LogP contribution in [0.2, 0.25) is 0 Å². The molecule has 9 rings (SSSR count). The van der Waals surface area contributed by atoms with Gasteiger partial charge in [-0.25, -0.2) is 4.98 Å². The van der Waals surface area contributed by atoms with Gasteiger partial charge in [-0.15, -0.1) is 0 Å². The van der Waals surface area contributed by atoms with Crippen molar-refractivity contribution < 1.29 is 9.59 Å². The molecule has 3 aromatic carbocycles. The summed E-state index contributed by atoms with van der Waals surface area (Å²) in [7, 11) is 0. The molecular weight excluding hydrogens is 617 g/mol. The molecule has 6 nitrogen and oxygen atoms in total. The Morgan fingerprint density at radius 3 is 1.40 bits per heavy atom. The molecule has 0 saturated carbocycles. The second-order valence-electron chi connectivity index (χ2n) is 12.5. The van der Waals surface area contributed by atoms with Crippen molar-refractivity contribution in [2.24, 2.45) is 0 Å². The summed E-state index contributed by atoms with van der Waals surface area (Å²) >= 11 is 0. The van der Waals surface area contributed by atoms with Gasteiger partial charge in [-0.1, -0.05) is 91.0 Å². The predicted octanol–water partition coefficient (Wildman–Crippen LogP) is 9.36. The lowest BCUT2D eigenvalue weighted by molar-refractivity contribution is -0.113. The maximum atomic E-state index is 13.4. The minimum absolute atomic E-state index is 0.237. The molecule has 0 atom stereocenters. The van der Waals surface area contributed by atoms with Gasteiger partial charge in [-0.3, -0.25) is 14.6 Å². The highest BCUT2D eigenvalue weighted by molar-refractivity contribution is 6.35. The number of hydrogen-bond donors (Lipinski definition) is 2. The van der Waals surface area contributed by atoms with Crippen molar-refractivity contribution in [1.82, 2.24) is 19.9 Å². The zero-order chi connectivity index (χ0) is 33.6. The van der Waals surface area contributed by atoms with Crippen LogP contribution in [0.4, 0.5) is 0 Å². The molecule has 6 heteroatoms. The largest absolute Gasteiger partial charge is 0.354 e. The number of fused-ring (bicyclic) bond motifs is 8. The van der Waals surface area contributed by atoms with E-state index in [0.29, 0.717) is 22.3 Å². The maximum absolute atomic E-state index is 13.4. The topological polar surface area (TPSA) is 91.5 Å². The molecule has 3 aromatic heterocycles. The van der Waals surface area contributed by atoms with Crippen LogP contribution < -0.4 is 0 Å². The Kier molecular flexibility index (Phi) is 7.13. The van der Waals surface area contributed by atoms with Crippen LogP contribution in [-0.2, 0) is 22.4 Å². The first-order chi connectivity index (χ1) is 24.6. The molecule has 50 heavy (non-hydrogen) atoms. The molecule has 0 radical (unpaired) electrons. The first kappa shape index (κ1) is 29.5. The number of rotatable bonds is 4. The van der Waals surface area contributed by atoms with E-state index in [2.05, 4.69) is 70.6 Å². The highest BCUT2D eigenvalue weighted by Gasteiger charge is 2.24. The Balaban J connectivity index is 1.48. The first-order valence-electron chi connectivity index (χ1n) is 16.7. The second-order valence-corrected chi connectivity index (χ2v) is 12.5. The molecule has 2 N–H and O–H groups in total. The molecule has 5 heterocycles. The van der Waals surface area contributed by atoms with Gasteiger partial charge in [0, 0.05) is 49.9 Å². The standard InChI is InChI=1S/C44H30N4O2/c49-30-16-25-40(50)31(26-30)44-38-23-21-36(47-38)42(28-12-6-2-7-13-28)34-19-17-32(45-34)41(27-10-4-1-5-11-27)33-18-20-35(46-33)43(29-14-8-3-9-15-29)37-22-24-39(44)48-37/h1-17,19,21-26,45,48H,18,20H2. The van der Waals surface area contributed by atoms with Crippen molar-refractivity contribution in [3.8, 4) is 33.4 Å². The molecule has 2 aliphatic heterocycles. The number of H-pyrrole nitrogens is 2. The summed E-state index contributed by atoms with van der Waals surface area (Å²) < 4.78 is 0. The summed E-state index contributed by atoms with van der Waals surface area (Å²) in [6.45, 7) is 0. The lowest BCUT2D eigenvalue weighted by Gasteiger charge is -2.09. The quantitative estimate of drug-likeness (QED) is 0.187. The van der Waals surface area contributed by atoms with E-state index in [1.807, 2.05) is 66.7 Å². The van der Waals surface area contributed by atoms with Gasteiger partial charge >= 0.3 is 0 Å². The molecule has 238 valence electrons. The second kappa shape index (κ2) is 12.1. The SMILES string of the molecule is O=C1C=CC(=O)C(c2c3nc(c(-c4ccccc4)c4ccc([nH]4)c(-c4ccccc4)c4nc(c(-c5ccccc5)c5ccc2[nH]5)CC4)C=C3)=C1. The van der Waals surface area contributed by atoms with Crippen LogP contribution in [0.3, 0.4) is 0 Å². The third kappa shape index (κ3) is 5.15. The van der Waals surface area contributed by atoms with Crippen molar-refractivity contribution in [2.45, 2.75) is 12.8 Å². The zero-order valence-electron chi connectivity index (χ0n) is 27.0. The molecule has 6 aromatic rings. The van der Waals surface area contributed by atoms with Crippen molar-refractivity contribution in [3.05, 3.63) is 162 Å². The number of nitrogens with zero attached hydrogens (tertiary/aromatic N) is 2. The van der Waals surface area contributed by atoms with Crippen molar-refractivity contribution in [3.63, 3.8) is 0 Å². The number of nitrogens with one attached hydrogen (secondary N) is 2. The van der Waals surface area contributed by atoms with Gasteiger partial charge in [-0.2, -0.15) is 0 Å². The minimum Gasteiger partial charge on any atom is -0.354 e. The van der Waals surface area contributed by atoms with Gasteiger partial charge in [0.2, 0.25) is 0 Å². The zero-order valence-corrected chi connectivity index (χ0v) is 27.0. The van der Waals surface area contributed by atoms with Crippen LogP contribution in [-0.4, -0.2) is 31.5 Å². The fourth-order valence-electron chi connectivity index (χ4n) is 7.22. The van der Waals surface area contributed by atoms with Crippen molar-refractivity contribution in [2.75, 3.05) is 0 Å². The van der Waals surface area contributed by atoms with Gasteiger partial charge in [0.15, 0.2) is 11.6 Å². The number of carbonyl (C=O) groups excluding carboxylic acids is 2. The summed E-state index contributed by atoms with van der Waals surface area (Å²) in [5.41, 5.74) is 13.8. The Hall–Kier alpha value is -6.66. The van der Waals surface area contributed by atoms with Crippen molar-refractivity contribution in [1.29, 1.82) is 0 Å². The van der Waals surface area contributed by atoms with Crippen LogP contribution >= 0.6 is 0 Å². The molecule has 0 spiro atoms. The van der Waals surface area contributed by atoms with E-state index >= 15 is 0 Å². The monoisotopic (exact) mass is 646 g/mol. The average Bonchev–Trinajstić information content (AvgIpc) is 3.99. The number of aromatic nitrogens is 4. The summed E-state index contributed by atoms with van der Waals surface area (Å²) in [6, 6.07) is 39.1. The van der Waals surface area contributed by atoms with E-state index in [1.165, 1.54) is 18.2 Å². The molecule has 3 aliphatic rings. The molecular formula is C44H30N4O2. The average molecular weight is 647 g/mol. The van der Waals surface area contributed by atoms with E-state index < -0.39 is 0 Å². The highest BCUT2D eigenvalue weighted by Crippen LogP contribution is 2.37. The molecule has 0 unspecified atom stereocenters. The number of hydrogen-bond acceptors (Lipinski definition) is 4. The lowest BCUT2D eigenvalue weighted by atomic mass is 9.95. The van der Waals surface area contributed by atoms with Crippen molar-refractivity contribution >= 4 is 51.4 Å². The van der Waals surface area contributed by atoms with Gasteiger partial charge < -0.3 is 9.97 Å². The Morgan fingerprint density at radius 1 is 0.440 bits per heavy atom. The first-order valence-corrected chi connectivity index (χ1v) is 16.7. The third-order valence-corrected chi connectivity index (χ3v) is 9.46. The van der Waals surface area contributed by atoms with Crippen LogP contribution in [0.1, 0.15) is 28.3 Å². The Labute approximate surface area is 288 Å². The lowest BCUT2D eigenvalue weighted by Crippen LogP contribution is -2.08. The van der Waals surface area contributed by atoms with Gasteiger partial charge in [0.25, 0.3) is 0 Å². The number of ketones is 2. The number of allylic oxidation sites excluding steroid dienone is 4. The van der Waals surface area contributed by atoms with Crippen LogP contribution in [0.25, 0.3) is 73.2 Å². The maximum Gasteiger partial charge on any atom is 0.186 e. The van der Waals surface area contributed by atoms with Gasteiger partial charge in [0.1, 0.15) is 0 Å². The highest BCUT2D eigenvalue weighted by atomic mass is 16.1. The number of aryl methyl sites for hydroxylation is 2. The number of benzene rings is 3. The molecule has 0 amide bonds. The Morgan fingerprint density at radius 2 is 0.880 bits per heavy atom. The predicted molar refractivity (Wildman–Crippen MR) is 201 cm³/mol. The minimum atomic E-state index is -0.244. The Bertz CT molecular complexity index is 2610. The van der Waals surface area contributed by atoms with E-state index in [9.17, 15) is 9.59 Å². The van der Waals surface area contributed by atoms with Crippen LogP contribution in [0.15, 0.2) is 133 Å². The number of aromatic amines is 2. The van der Waals surface area contributed by atoms with E-state index in [0.717, 1.165) is 79.9 Å². The summed E-state index contributed by atoms with van der Waals surface area (Å²) in [5, 5.41) is 0. The fraction of sp³-hybridized carbons (Fsp3) is 0.0455. The smallest absolute Gasteiger partial charge is 0.186 e. The fourth-order valence-corrected chi connectivity index (χ4v) is 7.22. The van der Waals surface area contributed by atoms with Gasteiger partial charge in [0.05, 0.1) is 22.8 Å². The molecule has 8 bridgehead atoms. The summed E-state index contributed by atoms with van der Waals surface area (Å²) in [6.07, 6.45) is 9.50. The number of carbonyl (C=O) groups is 2. The molecule has 1 aliphatic carbocycles.